The number of benzene rings is 3. The third-order valence-electron chi connectivity index (χ3n) is 7.52. The van der Waals surface area contributed by atoms with E-state index in [4.69, 9.17) is 4.74 Å². The third-order valence-corrected chi connectivity index (χ3v) is 7.52. The number of allylic oxidation sites excluding steroid dienone is 2. The van der Waals surface area contributed by atoms with E-state index in [1.165, 1.54) is 22.8 Å². The molecule has 4 aromatic rings. The monoisotopic (exact) mass is 715 g/mol. The fourth-order valence-corrected chi connectivity index (χ4v) is 3.76. The summed E-state index contributed by atoms with van der Waals surface area (Å²) in [4.78, 5) is 16.2. The van der Waals surface area contributed by atoms with Gasteiger partial charge in [0.2, 0.25) is 5.88 Å². The molecule has 5 heteroatoms. The molecule has 0 saturated carbocycles. The van der Waals surface area contributed by atoms with E-state index >= 15 is 0 Å². The van der Waals surface area contributed by atoms with Gasteiger partial charge in [-0.25, -0.2) is 4.98 Å². The number of aliphatic hydroxyl groups excluding tert-OH is 1. The molecule has 1 radical (unpaired) electrons. The van der Waals surface area contributed by atoms with Crippen LogP contribution < -0.4 is 4.74 Å². The Morgan fingerprint density at radius 3 is 2.20 bits per heavy atom. The molecule has 0 fully saturated rings. The molecule has 4 nitrogen and oxygen atoms in total. The molecule has 0 saturated heterocycles. The second kappa shape index (κ2) is 14.4. The molecule has 0 bridgehead atoms. The summed E-state index contributed by atoms with van der Waals surface area (Å²) in [6.45, 7) is 13.8. The minimum atomic E-state index is -0.377. The van der Waals surface area contributed by atoms with Crippen molar-refractivity contribution < 1.29 is 34.7 Å². The van der Waals surface area contributed by atoms with Crippen LogP contribution in [0.4, 0.5) is 0 Å². The van der Waals surface area contributed by atoms with Gasteiger partial charge in [0.15, 0.2) is 5.78 Å². The normalized spacial score (nSPS) is 11.7. The number of ketones is 1. The van der Waals surface area contributed by atoms with Crippen LogP contribution >= 0.6 is 0 Å². The molecule has 1 aromatic heterocycles. The number of carbonyl (C=O) groups excluding carboxylic acids is 1. The topological polar surface area (TPSA) is 59.4 Å². The zero-order valence-electron chi connectivity index (χ0n) is 24.5. The summed E-state index contributed by atoms with van der Waals surface area (Å²) >= 11 is 0. The van der Waals surface area contributed by atoms with Crippen molar-refractivity contribution in [1.82, 2.24) is 4.98 Å². The molecule has 0 aliphatic rings. The number of carbonyl (C=O) groups is 1. The van der Waals surface area contributed by atoms with Crippen molar-refractivity contribution in [2.24, 2.45) is 10.8 Å². The fraction of sp³-hybridized carbons (Fsp3) is 0.314. The van der Waals surface area contributed by atoms with Crippen LogP contribution in [0.2, 0.25) is 0 Å². The van der Waals surface area contributed by atoms with Gasteiger partial charge in [0.05, 0.1) is 0 Å². The average molecular weight is 715 g/mol. The Bertz CT molecular complexity index is 1430. The first-order valence-corrected chi connectivity index (χ1v) is 13.5. The maximum atomic E-state index is 11.8. The molecule has 1 heterocycles. The minimum Gasteiger partial charge on any atom is -0.512 e. The standard InChI is InChI=1S/C22H16NO.C13H24O2.Ir/c1-16-20(17-8-4-2-5-9-17)13-12-18-15-23-22(14-21(16)18)24-19-10-6-3-7-11-19;1-7-12(3,4)10(14)9-11(15)13(5,6)8-2;/h2-10,12-15H,1H3;9,14H,7-8H2,1-6H3;/q-1;;/b;10-9-;. The summed E-state index contributed by atoms with van der Waals surface area (Å²) in [6, 6.07) is 27.3. The predicted octanol–water partition coefficient (Wildman–Crippen LogP) is 9.67. The van der Waals surface area contributed by atoms with Crippen molar-refractivity contribution in [2.75, 3.05) is 0 Å². The molecule has 1 N–H and O–H groups in total. The van der Waals surface area contributed by atoms with Crippen LogP contribution in [0.5, 0.6) is 11.6 Å². The van der Waals surface area contributed by atoms with Gasteiger partial charge in [-0.15, -0.1) is 12.1 Å². The molecular weight excluding hydrogens is 675 g/mol. The second-order valence-corrected chi connectivity index (χ2v) is 11.0. The first-order chi connectivity index (χ1) is 18.5. The number of aliphatic hydroxyl groups is 1. The van der Waals surface area contributed by atoms with Crippen LogP contribution in [0.3, 0.4) is 0 Å². The second-order valence-electron chi connectivity index (χ2n) is 11.0. The fourth-order valence-electron chi connectivity index (χ4n) is 3.76. The number of fused-ring (bicyclic) bond motifs is 1. The van der Waals surface area contributed by atoms with Crippen LogP contribution in [-0.2, 0) is 24.9 Å². The molecule has 0 spiro atoms. The van der Waals surface area contributed by atoms with Crippen LogP contribution in [-0.4, -0.2) is 15.9 Å². The molecule has 0 aliphatic carbocycles. The van der Waals surface area contributed by atoms with E-state index in [0.717, 1.165) is 23.6 Å². The Labute approximate surface area is 252 Å². The van der Waals surface area contributed by atoms with E-state index in [2.05, 4.69) is 54.4 Å². The molecule has 0 atom stereocenters. The summed E-state index contributed by atoms with van der Waals surface area (Å²) in [7, 11) is 0. The van der Waals surface area contributed by atoms with Gasteiger partial charge in [0.1, 0.15) is 5.76 Å². The quantitative estimate of drug-likeness (QED) is 0.112. The number of pyridine rings is 1. The summed E-state index contributed by atoms with van der Waals surface area (Å²) in [5, 5.41) is 12.1. The Balaban J connectivity index is 0.000000307. The summed E-state index contributed by atoms with van der Waals surface area (Å²) < 4.78 is 5.82. The Kier molecular flexibility index (Phi) is 11.8. The Morgan fingerprint density at radius 1 is 0.950 bits per heavy atom. The first-order valence-electron chi connectivity index (χ1n) is 13.5. The van der Waals surface area contributed by atoms with E-state index in [1.807, 2.05) is 84.1 Å². The SMILES string of the molecule is CCC(C)(C)C(=O)/C=C(\O)C(C)(C)CC.Cc1c(-c2ccccc2)ccc2cnc(Oc3[c-]cccc3)cc12.[Ir]. The van der Waals surface area contributed by atoms with Gasteiger partial charge in [-0.3, -0.25) is 4.79 Å². The van der Waals surface area contributed by atoms with Crippen molar-refractivity contribution in [3.8, 4) is 22.8 Å². The average Bonchev–Trinajstić information content (AvgIpc) is 2.94. The van der Waals surface area contributed by atoms with Gasteiger partial charge < -0.3 is 9.84 Å². The van der Waals surface area contributed by atoms with Crippen LogP contribution in [0.25, 0.3) is 21.9 Å². The predicted molar refractivity (Wildman–Crippen MR) is 161 cm³/mol. The van der Waals surface area contributed by atoms with Gasteiger partial charge in [0.25, 0.3) is 0 Å². The van der Waals surface area contributed by atoms with E-state index in [0.29, 0.717) is 11.6 Å². The molecule has 40 heavy (non-hydrogen) atoms. The van der Waals surface area contributed by atoms with E-state index in [-0.39, 0.29) is 42.5 Å². The molecule has 4 rings (SSSR count). The minimum absolute atomic E-state index is 0. The number of aryl methyl sites for hydroxylation is 1. The molecular formula is C35H40IrNO3-. The van der Waals surface area contributed by atoms with Crippen molar-refractivity contribution >= 4 is 16.6 Å². The number of ether oxygens (including phenoxy) is 1. The number of para-hydroxylation sites is 1. The van der Waals surface area contributed by atoms with Crippen LogP contribution in [0.1, 0.15) is 59.9 Å². The Morgan fingerprint density at radius 2 is 1.60 bits per heavy atom. The number of hydrogen-bond donors (Lipinski definition) is 1. The largest absolute Gasteiger partial charge is 0.512 e. The van der Waals surface area contributed by atoms with Crippen molar-refractivity contribution in [2.45, 2.75) is 61.3 Å². The molecule has 0 aliphatic heterocycles. The maximum Gasteiger partial charge on any atom is 0.217 e. The van der Waals surface area contributed by atoms with E-state index in [1.54, 1.807) is 0 Å². The van der Waals surface area contributed by atoms with Gasteiger partial charge in [-0.05, 0) is 41.8 Å². The van der Waals surface area contributed by atoms with Crippen LogP contribution in [0, 0.1) is 23.8 Å². The van der Waals surface area contributed by atoms with Gasteiger partial charge in [-0.2, -0.15) is 18.2 Å². The zero-order valence-corrected chi connectivity index (χ0v) is 26.9. The van der Waals surface area contributed by atoms with Gasteiger partial charge in [-0.1, -0.05) is 84.0 Å². The number of rotatable bonds is 8. The smallest absolute Gasteiger partial charge is 0.217 e. The Hall–Kier alpha value is -3.27. The maximum absolute atomic E-state index is 11.8. The van der Waals surface area contributed by atoms with Crippen molar-refractivity contribution in [1.29, 1.82) is 0 Å². The number of aromatic nitrogens is 1. The first kappa shape index (κ1) is 32.9. The van der Waals surface area contributed by atoms with Crippen molar-refractivity contribution in [3.63, 3.8) is 0 Å². The van der Waals surface area contributed by atoms with E-state index in [9.17, 15) is 9.90 Å². The zero-order chi connectivity index (χ0) is 28.6. The van der Waals surface area contributed by atoms with E-state index < -0.39 is 0 Å². The van der Waals surface area contributed by atoms with Gasteiger partial charge in [0, 0.05) is 60.4 Å². The summed E-state index contributed by atoms with van der Waals surface area (Å²) in [5.74, 6) is 1.44. The summed E-state index contributed by atoms with van der Waals surface area (Å²) in [6.07, 6.45) is 4.85. The molecule has 213 valence electrons. The molecule has 3 aromatic carbocycles. The molecule has 0 amide bonds. The van der Waals surface area contributed by atoms with Gasteiger partial charge >= 0.3 is 0 Å². The number of nitrogens with zero attached hydrogens (tertiary/aromatic N) is 1. The van der Waals surface area contributed by atoms with Crippen LogP contribution in [0.15, 0.2) is 90.8 Å². The number of hydrogen-bond acceptors (Lipinski definition) is 4. The third kappa shape index (κ3) is 8.36. The summed E-state index contributed by atoms with van der Waals surface area (Å²) in [5.41, 5.74) is 2.99. The molecule has 0 unspecified atom stereocenters. The van der Waals surface area contributed by atoms with Crippen molar-refractivity contribution in [3.05, 3.63) is 102 Å².